The van der Waals surface area contributed by atoms with Crippen LogP contribution in [0.25, 0.3) is 10.8 Å². The molecule has 2 rings (SSSR count). The van der Waals surface area contributed by atoms with Crippen molar-refractivity contribution in [2.75, 3.05) is 12.5 Å². The number of hydrogen-bond donors (Lipinski definition) is 0. The molecule has 0 amide bonds. The van der Waals surface area contributed by atoms with Crippen LogP contribution in [0.15, 0.2) is 47.4 Å². The fourth-order valence-electron chi connectivity index (χ4n) is 2.07. The topological polar surface area (TPSA) is 57.2 Å². The Morgan fingerprint density at radius 3 is 1.67 bits per heavy atom. The first-order chi connectivity index (χ1) is 13.3. The van der Waals surface area contributed by atoms with Gasteiger partial charge in [-0.25, -0.2) is 8.42 Å². The molecule has 0 bridgehead atoms. The Kier molecular flexibility index (Phi) is 7.43. The second kappa shape index (κ2) is 8.46. The normalized spacial score (nSPS) is 13.9. The van der Waals surface area contributed by atoms with E-state index in [1.165, 1.54) is 15.7 Å². The van der Waals surface area contributed by atoms with Crippen molar-refractivity contribution in [2.45, 2.75) is 28.2 Å². The molecule has 0 fully saturated rings. The van der Waals surface area contributed by atoms with Crippen molar-refractivity contribution in [1.82, 2.24) is 0 Å². The number of rotatable bonds is 4. The van der Waals surface area contributed by atoms with Gasteiger partial charge >= 0.3 is 23.3 Å². The molecule has 0 spiro atoms. The molecule has 0 aliphatic heterocycles. The lowest BCUT2D eigenvalue weighted by Crippen LogP contribution is -2.63. The van der Waals surface area contributed by atoms with Crippen LogP contribution in [0.4, 0.5) is 39.5 Å². The minimum Gasteiger partial charge on any atom is -0.743 e. The van der Waals surface area contributed by atoms with E-state index in [2.05, 4.69) is 55.0 Å². The highest BCUT2D eigenvalue weighted by Gasteiger charge is 2.83. The van der Waals surface area contributed by atoms with Crippen molar-refractivity contribution >= 4 is 31.8 Å². The number of halogens is 9. The molecule has 0 saturated heterocycles. The third-order valence-electron chi connectivity index (χ3n) is 3.62. The summed E-state index contributed by atoms with van der Waals surface area (Å²) in [5, 5.41) is -4.36. The van der Waals surface area contributed by atoms with Gasteiger partial charge in [0.05, 0.1) is 0 Å². The van der Waals surface area contributed by atoms with Crippen LogP contribution in [0.3, 0.4) is 0 Å². The summed E-state index contributed by atoms with van der Waals surface area (Å²) in [5.41, 5.74) is 0. The first kappa shape index (κ1) is 26.4. The van der Waals surface area contributed by atoms with Gasteiger partial charge in [0, 0.05) is 16.3 Å². The van der Waals surface area contributed by atoms with E-state index in [0.29, 0.717) is 10.9 Å². The molecule has 0 aromatic heterocycles. The van der Waals surface area contributed by atoms with Crippen molar-refractivity contribution < 1.29 is 52.5 Å². The van der Waals surface area contributed by atoms with Gasteiger partial charge in [-0.2, -0.15) is 39.5 Å². The predicted molar refractivity (Wildman–Crippen MR) is 92.0 cm³/mol. The monoisotopic (exact) mass is 488 g/mol. The average Bonchev–Trinajstić information content (AvgIpc) is 2.59. The third-order valence-corrected chi connectivity index (χ3v) is 5.74. The zero-order chi connectivity index (χ0) is 23.8. The van der Waals surface area contributed by atoms with Crippen molar-refractivity contribution in [1.29, 1.82) is 0 Å². The number of alkyl halides is 9. The first-order valence-electron chi connectivity index (χ1n) is 7.50. The Hall–Kier alpha value is -1.67. The summed E-state index contributed by atoms with van der Waals surface area (Å²) in [4.78, 5) is 1.47. The zero-order valence-electron chi connectivity index (χ0n) is 15.0. The van der Waals surface area contributed by atoms with Crippen LogP contribution in [-0.2, 0) is 21.0 Å². The molecule has 30 heavy (non-hydrogen) atoms. The molecule has 0 unspecified atom stereocenters. The molecular formula is C16H13F9O3S2. The second-order valence-electron chi connectivity index (χ2n) is 5.91. The van der Waals surface area contributed by atoms with Gasteiger partial charge in [0.25, 0.3) is 0 Å². The summed E-state index contributed by atoms with van der Waals surface area (Å²) in [5.74, 6) is -14.8. The molecule has 170 valence electrons. The van der Waals surface area contributed by atoms with E-state index in [1.54, 1.807) is 0 Å². The minimum atomic E-state index is -7.43. The Bertz CT molecular complexity index is 982. The van der Waals surface area contributed by atoms with Gasteiger partial charge in [-0.3, -0.25) is 0 Å². The van der Waals surface area contributed by atoms with Gasteiger partial charge in [0.1, 0.15) is 12.5 Å². The Morgan fingerprint density at radius 2 is 1.23 bits per heavy atom. The summed E-state index contributed by atoms with van der Waals surface area (Å²) < 4.78 is 135. The molecule has 2 aromatic carbocycles. The van der Waals surface area contributed by atoms with Crippen LogP contribution >= 0.6 is 0 Å². The lowest BCUT2D eigenvalue weighted by molar-refractivity contribution is -0.382. The summed E-state index contributed by atoms with van der Waals surface area (Å²) in [6.07, 6.45) is -2.63. The molecule has 0 atom stereocenters. The van der Waals surface area contributed by atoms with Gasteiger partial charge in [0.2, 0.25) is 0 Å². The van der Waals surface area contributed by atoms with Gasteiger partial charge < -0.3 is 4.55 Å². The summed E-state index contributed by atoms with van der Waals surface area (Å²) in [6, 6.07) is 15.1. The van der Waals surface area contributed by atoms with E-state index in [0.717, 1.165) is 0 Å². The molecule has 0 radical (unpaired) electrons. The molecule has 0 aliphatic carbocycles. The number of benzene rings is 2. The zero-order valence-corrected chi connectivity index (χ0v) is 16.6. The van der Waals surface area contributed by atoms with E-state index < -0.39 is 33.4 Å². The van der Waals surface area contributed by atoms with E-state index in [1.807, 2.05) is 0 Å². The highest BCUT2D eigenvalue weighted by atomic mass is 32.2. The van der Waals surface area contributed by atoms with E-state index in [4.69, 9.17) is 0 Å². The third kappa shape index (κ3) is 4.80. The molecule has 0 aliphatic rings. The molecule has 0 heterocycles. The average molecular weight is 488 g/mol. The van der Waals surface area contributed by atoms with Gasteiger partial charge in [-0.1, -0.05) is 30.3 Å². The minimum absolute atomic E-state index is 0.346. The lowest BCUT2D eigenvalue weighted by Gasteiger charge is -2.34. The molecule has 2 aromatic rings. The van der Waals surface area contributed by atoms with Gasteiger partial charge in [-0.15, -0.1) is 0 Å². The maximum atomic E-state index is 12.2. The van der Waals surface area contributed by atoms with Crippen LogP contribution in [0.2, 0.25) is 0 Å². The van der Waals surface area contributed by atoms with Gasteiger partial charge in [0.15, 0.2) is 15.0 Å². The van der Waals surface area contributed by atoms with Crippen LogP contribution in [-0.4, -0.2) is 48.8 Å². The van der Waals surface area contributed by atoms with Crippen LogP contribution in [0, 0.1) is 0 Å². The summed E-state index contributed by atoms with van der Waals surface area (Å²) in [6.45, 7) is 0. The van der Waals surface area contributed by atoms with Crippen LogP contribution in [0.5, 0.6) is 0 Å². The Labute approximate surface area is 168 Å². The van der Waals surface area contributed by atoms with E-state index >= 15 is 0 Å². The SMILES string of the molecule is C[S+](C)c1cccc2ccccc12.O=S(=O)([O-])C(F)(F)C(F)(F)C(F)(F)C(F)(F)F. The van der Waals surface area contributed by atoms with Crippen molar-refractivity contribution in [2.24, 2.45) is 0 Å². The van der Waals surface area contributed by atoms with Gasteiger partial charge in [-0.05, 0) is 17.5 Å². The smallest absolute Gasteiger partial charge is 0.460 e. The summed E-state index contributed by atoms with van der Waals surface area (Å²) in [7, 11) is -7.07. The largest absolute Gasteiger partial charge is 0.743 e. The Morgan fingerprint density at radius 1 is 0.767 bits per heavy atom. The molecule has 14 heteroatoms. The standard InChI is InChI=1S/C12H13S.C4HF9O3S/c1-13(2)12-9-5-7-10-6-3-4-8-11(10)12;5-1(6,3(9,10)11)2(7,8)4(12,13)17(14,15)16/h3-9H,1-2H3;(H,14,15,16)/q+1;/p-1. The highest BCUT2D eigenvalue weighted by Crippen LogP contribution is 2.54. The van der Waals surface area contributed by atoms with E-state index in [-0.39, 0.29) is 0 Å². The van der Waals surface area contributed by atoms with Crippen molar-refractivity contribution in [3.8, 4) is 0 Å². The number of hydrogen-bond acceptors (Lipinski definition) is 3. The molecule has 0 N–H and O–H groups in total. The first-order valence-corrected chi connectivity index (χ1v) is 10.9. The van der Waals surface area contributed by atoms with Crippen LogP contribution < -0.4 is 0 Å². The second-order valence-corrected chi connectivity index (χ2v) is 9.41. The predicted octanol–water partition coefficient (Wildman–Crippen LogP) is 5.03. The maximum absolute atomic E-state index is 12.2. The number of fused-ring (bicyclic) bond motifs is 1. The molecule has 3 nitrogen and oxygen atoms in total. The lowest BCUT2D eigenvalue weighted by atomic mass is 10.1. The fourth-order valence-corrected chi connectivity index (χ4v) is 3.49. The van der Waals surface area contributed by atoms with Crippen molar-refractivity contribution in [3.05, 3.63) is 42.5 Å². The molecule has 0 saturated carbocycles. The van der Waals surface area contributed by atoms with E-state index in [9.17, 15) is 52.5 Å². The Balaban J connectivity index is 0.000000308. The molecular weight excluding hydrogens is 475 g/mol. The maximum Gasteiger partial charge on any atom is 0.460 e. The van der Waals surface area contributed by atoms with Crippen molar-refractivity contribution in [3.63, 3.8) is 0 Å². The van der Waals surface area contributed by atoms with Crippen LogP contribution in [0.1, 0.15) is 0 Å². The fraction of sp³-hybridized carbons (Fsp3) is 0.375. The quantitative estimate of drug-likeness (QED) is 0.345. The highest BCUT2D eigenvalue weighted by molar-refractivity contribution is 7.95. The summed E-state index contributed by atoms with van der Waals surface area (Å²) >= 11 is 0.